The van der Waals surface area contributed by atoms with E-state index in [4.69, 9.17) is 0 Å². The maximum absolute atomic E-state index is 13.9. The van der Waals surface area contributed by atoms with Crippen LogP contribution in [-0.2, 0) is 13.1 Å². The Labute approximate surface area is 171 Å². The fourth-order valence-corrected chi connectivity index (χ4v) is 3.84. The number of nitrogens with zero attached hydrogens (tertiary/aromatic N) is 4. The molecule has 30 heavy (non-hydrogen) atoms. The number of benzene rings is 2. The Morgan fingerprint density at radius 3 is 2.63 bits per heavy atom. The van der Waals surface area contributed by atoms with Crippen LogP contribution in [0.1, 0.15) is 24.0 Å². The maximum Gasteiger partial charge on any atom is 0.337 e. The van der Waals surface area contributed by atoms with Crippen LogP contribution in [0.2, 0.25) is 0 Å². The zero-order valence-electron chi connectivity index (χ0n) is 16.6. The largest absolute Gasteiger partial charge is 0.337 e. The van der Waals surface area contributed by atoms with Gasteiger partial charge in [-0.3, -0.25) is 9.36 Å². The molecule has 6 nitrogen and oxygen atoms in total. The van der Waals surface area contributed by atoms with Crippen molar-refractivity contribution in [3.63, 3.8) is 0 Å². The highest BCUT2D eigenvalue weighted by Gasteiger charge is 2.26. The van der Waals surface area contributed by atoms with E-state index in [1.54, 1.807) is 23.0 Å². The zero-order chi connectivity index (χ0) is 20.8. The summed E-state index contributed by atoms with van der Waals surface area (Å²) < 4.78 is 18.3. The quantitative estimate of drug-likeness (QED) is 0.513. The highest BCUT2D eigenvalue weighted by Crippen LogP contribution is 2.30. The average molecular weight is 404 g/mol. The molecule has 1 fully saturated rings. The summed E-state index contributed by atoms with van der Waals surface area (Å²) in [7, 11) is 0. The van der Waals surface area contributed by atoms with Gasteiger partial charge < -0.3 is 4.57 Å². The van der Waals surface area contributed by atoms with Crippen LogP contribution in [0.25, 0.3) is 16.9 Å². The Kier molecular flexibility index (Phi) is 4.38. The molecule has 1 aliphatic rings. The van der Waals surface area contributed by atoms with Gasteiger partial charge in [-0.2, -0.15) is 0 Å². The van der Waals surface area contributed by atoms with Crippen molar-refractivity contribution in [3.8, 4) is 5.69 Å². The van der Waals surface area contributed by atoms with Gasteiger partial charge in [0.2, 0.25) is 0 Å². The van der Waals surface area contributed by atoms with E-state index in [0.717, 1.165) is 24.0 Å². The number of fused-ring (bicyclic) bond motifs is 1. The summed E-state index contributed by atoms with van der Waals surface area (Å²) in [5.74, 6) is -0.117. The number of hydrogen-bond donors (Lipinski definition) is 0. The van der Waals surface area contributed by atoms with E-state index in [1.165, 1.54) is 21.3 Å². The maximum atomic E-state index is 13.9. The van der Waals surface area contributed by atoms with Crippen molar-refractivity contribution < 1.29 is 4.39 Å². The first-order valence-corrected chi connectivity index (χ1v) is 10.0. The second-order valence-electron chi connectivity index (χ2n) is 7.93. The van der Waals surface area contributed by atoms with Gasteiger partial charge >= 0.3 is 5.69 Å². The predicted octanol–water partition coefficient (Wildman–Crippen LogP) is 3.25. The molecule has 2 aromatic carbocycles. The predicted molar refractivity (Wildman–Crippen MR) is 113 cm³/mol. The van der Waals surface area contributed by atoms with Gasteiger partial charge in [-0.25, -0.2) is 18.7 Å². The SMILES string of the molecule is Cc1ccccc1Cn1cnc2c1c(=O)n(CC1CC1)c(=O)n2-c1cccc(F)c1. The van der Waals surface area contributed by atoms with Crippen molar-refractivity contribution >= 4 is 11.2 Å². The minimum atomic E-state index is -0.480. The molecule has 1 aliphatic carbocycles. The summed E-state index contributed by atoms with van der Waals surface area (Å²) in [6.07, 6.45) is 3.59. The molecule has 152 valence electrons. The van der Waals surface area contributed by atoms with Crippen molar-refractivity contribution in [2.24, 2.45) is 5.92 Å². The summed E-state index contributed by atoms with van der Waals surface area (Å²) in [5, 5.41) is 0. The monoisotopic (exact) mass is 404 g/mol. The van der Waals surface area contributed by atoms with E-state index in [2.05, 4.69) is 4.98 Å². The third kappa shape index (κ3) is 3.16. The number of aromatic nitrogens is 4. The van der Waals surface area contributed by atoms with Crippen LogP contribution in [0.4, 0.5) is 4.39 Å². The Bertz CT molecular complexity index is 1380. The standard InChI is InChI=1S/C23H21FN4O2/c1-15-5-2-3-6-17(15)13-26-14-25-21-20(26)22(29)27(12-16-9-10-16)23(30)28(21)19-8-4-7-18(24)11-19/h2-8,11,14,16H,9-10,12-13H2,1H3. The van der Waals surface area contributed by atoms with Crippen LogP contribution in [0.5, 0.6) is 0 Å². The molecule has 0 spiro atoms. The number of halogens is 1. The van der Waals surface area contributed by atoms with Gasteiger partial charge in [0.1, 0.15) is 5.82 Å². The fourth-order valence-electron chi connectivity index (χ4n) is 3.84. The van der Waals surface area contributed by atoms with Crippen LogP contribution in [0.15, 0.2) is 64.4 Å². The van der Waals surface area contributed by atoms with E-state index in [1.807, 2.05) is 31.2 Å². The Morgan fingerprint density at radius 2 is 1.90 bits per heavy atom. The lowest BCUT2D eigenvalue weighted by molar-refractivity contribution is 0.566. The minimum absolute atomic E-state index is 0.247. The molecule has 0 radical (unpaired) electrons. The van der Waals surface area contributed by atoms with E-state index < -0.39 is 11.5 Å². The van der Waals surface area contributed by atoms with Crippen LogP contribution in [0, 0.1) is 18.7 Å². The van der Waals surface area contributed by atoms with E-state index >= 15 is 0 Å². The van der Waals surface area contributed by atoms with Crippen molar-refractivity contribution in [2.75, 3.05) is 0 Å². The van der Waals surface area contributed by atoms with Gasteiger partial charge in [0.05, 0.1) is 12.0 Å². The fraction of sp³-hybridized carbons (Fsp3) is 0.261. The second kappa shape index (κ2) is 7.09. The summed E-state index contributed by atoms with van der Waals surface area (Å²) in [6, 6.07) is 13.7. The topological polar surface area (TPSA) is 61.8 Å². The van der Waals surface area contributed by atoms with Crippen LogP contribution >= 0.6 is 0 Å². The number of rotatable bonds is 5. The van der Waals surface area contributed by atoms with E-state index in [-0.39, 0.29) is 11.2 Å². The summed E-state index contributed by atoms with van der Waals surface area (Å²) in [5.41, 5.74) is 2.30. The highest BCUT2D eigenvalue weighted by molar-refractivity contribution is 5.72. The Hall–Kier alpha value is -3.48. The first-order chi connectivity index (χ1) is 14.5. The lowest BCUT2D eigenvalue weighted by Gasteiger charge is -2.13. The molecule has 2 heterocycles. The molecule has 4 aromatic rings. The zero-order valence-corrected chi connectivity index (χ0v) is 16.6. The van der Waals surface area contributed by atoms with Crippen LogP contribution in [0.3, 0.4) is 0 Å². The van der Waals surface area contributed by atoms with Gasteiger partial charge in [0, 0.05) is 13.1 Å². The summed E-state index contributed by atoms with van der Waals surface area (Å²) in [4.78, 5) is 31.0. The third-order valence-electron chi connectivity index (χ3n) is 5.71. The number of hydrogen-bond acceptors (Lipinski definition) is 3. The lowest BCUT2D eigenvalue weighted by Crippen LogP contribution is -2.40. The Balaban J connectivity index is 1.77. The molecule has 0 amide bonds. The molecule has 0 unspecified atom stereocenters. The molecule has 2 aromatic heterocycles. The van der Waals surface area contributed by atoms with E-state index in [0.29, 0.717) is 30.2 Å². The molecule has 7 heteroatoms. The van der Waals surface area contributed by atoms with E-state index in [9.17, 15) is 14.0 Å². The van der Waals surface area contributed by atoms with Crippen molar-refractivity contribution in [1.82, 2.24) is 18.7 Å². The molecule has 5 rings (SSSR count). The normalized spacial score (nSPS) is 13.8. The van der Waals surface area contributed by atoms with Crippen LogP contribution in [-0.4, -0.2) is 18.7 Å². The number of aryl methyl sites for hydroxylation is 1. The molecule has 0 aliphatic heterocycles. The average Bonchev–Trinajstić information content (AvgIpc) is 3.46. The molecule has 0 saturated heterocycles. The molecule has 0 bridgehead atoms. The molecular weight excluding hydrogens is 383 g/mol. The minimum Gasteiger partial charge on any atom is -0.320 e. The first kappa shape index (κ1) is 18.5. The number of imidazole rings is 1. The molecule has 0 atom stereocenters. The van der Waals surface area contributed by atoms with Crippen LogP contribution < -0.4 is 11.2 Å². The van der Waals surface area contributed by atoms with Crippen molar-refractivity contribution in [2.45, 2.75) is 32.9 Å². The highest BCUT2D eigenvalue weighted by atomic mass is 19.1. The summed E-state index contributed by atoms with van der Waals surface area (Å²) in [6.45, 7) is 2.85. The molecule has 1 saturated carbocycles. The lowest BCUT2D eigenvalue weighted by atomic mass is 10.1. The molecular formula is C23H21FN4O2. The Morgan fingerprint density at radius 1 is 1.10 bits per heavy atom. The van der Waals surface area contributed by atoms with Gasteiger partial charge in [-0.1, -0.05) is 30.3 Å². The van der Waals surface area contributed by atoms with Crippen molar-refractivity contribution in [3.05, 3.63) is 92.6 Å². The smallest absolute Gasteiger partial charge is 0.320 e. The van der Waals surface area contributed by atoms with Crippen molar-refractivity contribution in [1.29, 1.82) is 0 Å². The van der Waals surface area contributed by atoms with Gasteiger partial charge in [-0.05, 0) is 55.0 Å². The second-order valence-corrected chi connectivity index (χ2v) is 7.93. The summed E-state index contributed by atoms with van der Waals surface area (Å²) >= 11 is 0. The third-order valence-corrected chi connectivity index (χ3v) is 5.71. The van der Waals surface area contributed by atoms with Gasteiger partial charge in [0.25, 0.3) is 5.56 Å². The van der Waals surface area contributed by atoms with Gasteiger partial charge in [0.15, 0.2) is 11.2 Å². The molecule has 0 N–H and O–H groups in total. The van der Waals surface area contributed by atoms with Gasteiger partial charge in [-0.15, -0.1) is 0 Å². The first-order valence-electron chi connectivity index (χ1n) is 10.0.